The number of nitrogens with zero attached hydrogens (tertiary/aromatic N) is 1. The van der Waals surface area contributed by atoms with Gasteiger partial charge in [-0.3, -0.25) is 4.79 Å². The zero-order valence-corrected chi connectivity index (χ0v) is 14.1. The van der Waals surface area contributed by atoms with E-state index in [1.165, 1.54) is 0 Å². The highest BCUT2D eigenvalue weighted by Crippen LogP contribution is 2.22. The van der Waals surface area contributed by atoms with Gasteiger partial charge in [0, 0.05) is 24.5 Å². The Morgan fingerprint density at radius 3 is 2.71 bits per heavy atom. The average Bonchev–Trinajstić information content (AvgIpc) is 3.00. The highest BCUT2D eigenvalue weighted by atomic mass is 35.5. The van der Waals surface area contributed by atoms with Gasteiger partial charge in [-0.15, -0.1) is 24.2 Å². The lowest BCUT2D eigenvalue weighted by Crippen LogP contribution is -2.39. The fourth-order valence-electron chi connectivity index (χ4n) is 2.22. The number of nitrogens with one attached hydrogen (secondary N) is 1. The molecule has 1 saturated heterocycles. The van der Waals surface area contributed by atoms with E-state index in [0.29, 0.717) is 18.4 Å². The summed E-state index contributed by atoms with van der Waals surface area (Å²) in [5, 5.41) is 3.29. The van der Waals surface area contributed by atoms with E-state index in [2.05, 4.69) is 5.32 Å². The number of thioether (sulfide) groups is 1. The van der Waals surface area contributed by atoms with Crippen molar-refractivity contribution in [2.24, 2.45) is 0 Å². The highest BCUT2D eigenvalue weighted by molar-refractivity contribution is 8.00. The van der Waals surface area contributed by atoms with Crippen LogP contribution in [-0.4, -0.2) is 49.3 Å². The SMILES string of the molecule is CCOc1ccc(SCC(=O)N(C)C2CCNC2)cc1.Cl. The van der Waals surface area contributed by atoms with Crippen LogP contribution in [0.5, 0.6) is 5.75 Å². The Bertz CT molecular complexity index is 436. The third-order valence-corrected chi connectivity index (χ3v) is 4.47. The summed E-state index contributed by atoms with van der Waals surface area (Å²) in [5.74, 6) is 1.55. The van der Waals surface area contributed by atoms with Crippen LogP contribution in [0.2, 0.25) is 0 Å². The number of benzene rings is 1. The molecule has 2 rings (SSSR count). The Labute approximate surface area is 137 Å². The minimum absolute atomic E-state index is 0. The molecule has 1 amide bonds. The minimum atomic E-state index is 0. The minimum Gasteiger partial charge on any atom is -0.494 e. The van der Waals surface area contributed by atoms with E-state index in [-0.39, 0.29) is 18.3 Å². The van der Waals surface area contributed by atoms with Gasteiger partial charge in [0.25, 0.3) is 0 Å². The second-order valence-electron chi connectivity index (χ2n) is 4.84. The van der Waals surface area contributed by atoms with Crippen molar-refractivity contribution < 1.29 is 9.53 Å². The molecule has 0 aliphatic carbocycles. The summed E-state index contributed by atoms with van der Waals surface area (Å²) in [7, 11) is 1.90. The fraction of sp³-hybridized carbons (Fsp3) is 0.533. The van der Waals surface area contributed by atoms with Crippen LogP contribution in [0.3, 0.4) is 0 Å². The zero-order chi connectivity index (χ0) is 14.4. The molecule has 1 heterocycles. The monoisotopic (exact) mass is 330 g/mol. The lowest BCUT2D eigenvalue weighted by atomic mass is 10.2. The predicted molar refractivity (Wildman–Crippen MR) is 89.6 cm³/mol. The molecule has 1 aromatic carbocycles. The van der Waals surface area contributed by atoms with Gasteiger partial charge in [0.1, 0.15) is 5.75 Å². The lowest BCUT2D eigenvalue weighted by molar-refractivity contribution is -0.128. The normalized spacial score (nSPS) is 17.1. The maximum absolute atomic E-state index is 12.1. The molecule has 118 valence electrons. The lowest BCUT2D eigenvalue weighted by Gasteiger charge is -2.23. The summed E-state index contributed by atoms with van der Waals surface area (Å²) >= 11 is 1.58. The Morgan fingerprint density at radius 1 is 1.43 bits per heavy atom. The van der Waals surface area contributed by atoms with Crippen LogP contribution in [0.25, 0.3) is 0 Å². The molecule has 0 spiro atoms. The number of hydrogen-bond donors (Lipinski definition) is 1. The van der Waals surface area contributed by atoms with Crippen molar-refractivity contribution in [2.75, 3.05) is 32.5 Å². The summed E-state index contributed by atoms with van der Waals surface area (Å²) in [6, 6.07) is 8.24. The van der Waals surface area contributed by atoms with Gasteiger partial charge in [-0.1, -0.05) is 0 Å². The predicted octanol–water partition coefficient (Wildman–Crippen LogP) is 2.42. The van der Waals surface area contributed by atoms with Gasteiger partial charge in [0.2, 0.25) is 5.91 Å². The third-order valence-electron chi connectivity index (χ3n) is 3.47. The molecule has 1 unspecified atom stereocenters. The molecule has 6 heteroatoms. The quantitative estimate of drug-likeness (QED) is 0.813. The van der Waals surface area contributed by atoms with Crippen LogP contribution in [0, 0.1) is 0 Å². The van der Waals surface area contributed by atoms with Gasteiger partial charge in [-0.05, 0) is 44.2 Å². The molecule has 1 atom stereocenters. The van der Waals surface area contributed by atoms with Crippen molar-refractivity contribution in [3.63, 3.8) is 0 Å². The van der Waals surface area contributed by atoms with E-state index in [9.17, 15) is 4.79 Å². The third kappa shape index (κ3) is 5.41. The Hall–Kier alpha value is -0.910. The number of carbonyl (C=O) groups is 1. The molecule has 0 bridgehead atoms. The van der Waals surface area contributed by atoms with Crippen LogP contribution in [0.4, 0.5) is 0 Å². The van der Waals surface area contributed by atoms with Gasteiger partial charge in [-0.2, -0.15) is 0 Å². The van der Waals surface area contributed by atoms with Crippen LogP contribution >= 0.6 is 24.2 Å². The maximum Gasteiger partial charge on any atom is 0.232 e. The van der Waals surface area contributed by atoms with Gasteiger partial charge in [0.15, 0.2) is 0 Å². The van der Waals surface area contributed by atoms with E-state index in [1.54, 1.807) is 11.8 Å². The molecule has 0 radical (unpaired) electrons. The Balaban J connectivity index is 0.00000220. The number of ether oxygens (including phenoxy) is 1. The first-order chi connectivity index (χ1) is 9.70. The van der Waals surface area contributed by atoms with E-state index in [4.69, 9.17) is 4.74 Å². The molecular weight excluding hydrogens is 308 g/mol. The molecule has 1 N–H and O–H groups in total. The summed E-state index contributed by atoms with van der Waals surface area (Å²) in [5.41, 5.74) is 0. The second-order valence-corrected chi connectivity index (χ2v) is 5.89. The Morgan fingerprint density at radius 2 is 2.14 bits per heavy atom. The van der Waals surface area contributed by atoms with Gasteiger partial charge >= 0.3 is 0 Å². The topological polar surface area (TPSA) is 41.6 Å². The number of halogens is 1. The van der Waals surface area contributed by atoms with Crippen molar-refractivity contribution in [2.45, 2.75) is 24.3 Å². The molecule has 21 heavy (non-hydrogen) atoms. The highest BCUT2D eigenvalue weighted by Gasteiger charge is 2.22. The summed E-state index contributed by atoms with van der Waals surface area (Å²) < 4.78 is 5.40. The Kier molecular flexibility index (Phi) is 7.93. The van der Waals surface area contributed by atoms with Gasteiger partial charge < -0.3 is 15.0 Å². The second kappa shape index (κ2) is 9.18. The van der Waals surface area contributed by atoms with E-state index >= 15 is 0 Å². The standard InChI is InChI=1S/C15H22N2O2S.ClH/c1-3-19-13-4-6-14(7-5-13)20-11-15(18)17(2)12-8-9-16-10-12;/h4-7,12,16H,3,8-11H2,1-2H3;1H. The number of hydrogen-bond acceptors (Lipinski definition) is 4. The molecule has 1 aliphatic heterocycles. The molecule has 1 aromatic rings. The number of carbonyl (C=O) groups excluding carboxylic acids is 1. The van der Waals surface area contributed by atoms with Crippen LogP contribution in [0.15, 0.2) is 29.2 Å². The summed E-state index contributed by atoms with van der Waals surface area (Å²) in [6.07, 6.45) is 1.05. The zero-order valence-electron chi connectivity index (χ0n) is 12.5. The van der Waals surface area contributed by atoms with E-state index in [1.807, 2.05) is 43.1 Å². The molecule has 0 saturated carbocycles. The van der Waals surface area contributed by atoms with Crippen molar-refractivity contribution in [3.8, 4) is 5.75 Å². The molecule has 1 fully saturated rings. The number of amides is 1. The fourth-order valence-corrected chi connectivity index (χ4v) is 3.04. The van der Waals surface area contributed by atoms with Crippen molar-refractivity contribution in [3.05, 3.63) is 24.3 Å². The van der Waals surface area contributed by atoms with Crippen LogP contribution in [-0.2, 0) is 4.79 Å². The first kappa shape index (κ1) is 18.1. The van der Waals surface area contributed by atoms with Crippen LogP contribution < -0.4 is 10.1 Å². The molecule has 1 aliphatic rings. The van der Waals surface area contributed by atoms with Crippen molar-refractivity contribution in [1.29, 1.82) is 0 Å². The number of likely N-dealkylation sites (N-methyl/N-ethyl adjacent to an activating group) is 1. The van der Waals surface area contributed by atoms with Crippen LogP contribution in [0.1, 0.15) is 13.3 Å². The largest absolute Gasteiger partial charge is 0.494 e. The molecule has 0 aromatic heterocycles. The van der Waals surface area contributed by atoms with Crippen molar-refractivity contribution in [1.82, 2.24) is 10.2 Å². The van der Waals surface area contributed by atoms with E-state index in [0.717, 1.165) is 30.2 Å². The molecule has 4 nitrogen and oxygen atoms in total. The maximum atomic E-state index is 12.1. The average molecular weight is 331 g/mol. The first-order valence-electron chi connectivity index (χ1n) is 7.02. The van der Waals surface area contributed by atoms with Gasteiger partial charge in [-0.25, -0.2) is 0 Å². The van der Waals surface area contributed by atoms with E-state index < -0.39 is 0 Å². The van der Waals surface area contributed by atoms with Crippen molar-refractivity contribution >= 4 is 30.1 Å². The number of rotatable bonds is 6. The molecular formula is C15H23ClN2O2S. The van der Waals surface area contributed by atoms with Gasteiger partial charge in [0.05, 0.1) is 12.4 Å². The summed E-state index contributed by atoms with van der Waals surface area (Å²) in [4.78, 5) is 15.1. The first-order valence-corrected chi connectivity index (χ1v) is 8.01. The smallest absolute Gasteiger partial charge is 0.232 e. The summed E-state index contributed by atoms with van der Waals surface area (Å²) in [6.45, 7) is 4.56.